The van der Waals surface area contributed by atoms with Crippen LogP contribution in [0.1, 0.15) is 49.9 Å². The highest BCUT2D eigenvalue weighted by Crippen LogP contribution is 2.45. The van der Waals surface area contributed by atoms with E-state index in [1.165, 1.54) is 0 Å². The number of nitrogens with zero attached hydrogens (tertiary/aromatic N) is 2. The number of aryl methyl sites for hydroxylation is 1. The minimum absolute atomic E-state index is 0.0867. The summed E-state index contributed by atoms with van der Waals surface area (Å²) in [5, 5.41) is 25.1. The molecule has 2 atom stereocenters. The molecule has 1 aliphatic heterocycles. The molecule has 7 heteroatoms. The number of H-pyrrole nitrogens is 1. The van der Waals surface area contributed by atoms with Crippen molar-refractivity contribution in [1.29, 1.82) is 10.7 Å². The van der Waals surface area contributed by atoms with Gasteiger partial charge in [0.2, 0.25) is 11.8 Å². The van der Waals surface area contributed by atoms with E-state index in [4.69, 9.17) is 19.6 Å². The molecular weight excluding hydrogens is 344 g/mol. The van der Waals surface area contributed by atoms with Crippen LogP contribution in [-0.2, 0) is 6.42 Å². The summed E-state index contributed by atoms with van der Waals surface area (Å²) in [6.45, 7) is 6.96. The first kappa shape index (κ1) is 18.8. The predicted molar refractivity (Wildman–Crippen MR) is 101 cm³/mol. The number of ether oxygens (including phenoxy) is 3. The molecule has 27 heavy (non-hydrogen) atoms. The van der Waals surface area contributed by atoms with E-state index in [2.05, 4.69) is 23.2 Å². The van der Waals surface area contributed by atoms with Crippen molar-refractivity contribution in [2.24, 2.45) is 5.92 Å². The Bertz CT molecular complexity index is 869. The van der Waals surface area contributed by atoms with Crippen LogP contribution in [0.5, 0.6) is 17.4 Å². The van der Waals surface area contributed by atoms with E-state index in [-0.39, 0.29) is 11.8 Å². The highest BCUT2D eigenvalue weighted by atomic mass is 16.5. The minimum Gasteiger partial charge on any atom is -0.490 e. The zero-order chi connectivity index (χ0) is 19.4. The van der Waals surface area contributed by atoms with E-state index in [0.29, 0.717) is 30.6 Å². The summed E-state index contributed by atoms with van der Waals surface area (Å²) < 4.78 is 16.9. The van der Waals surface area contributed by atoms with Gasteiger partial charge in [-0.2, -0.15) is 5.26 Å². The normalized spacial score (nSPS) is 18.4. The third-order valence-electron chi connectivity index (χ3n) is 4.55. The number of aromatic amines is 1. The van der Waals surface area contributed by atoms with Gasteiger partial charge in [0.25, 0.3) is 0 Å². The van der Waals surface area contributed by atoms with E-state index in [1.807, 2.05) is 32.0 Å². The first-order valence-electron chi connectivity index (χ1n) is 9.27. The molecule has 0 bridgehead atoms. The van der Waals surface area contributed by atoms with Gasteiger partial charge in [0.1, 0.15) is 5.92 Å². The molecule has 0 saturated heterocycles. The van der Waals surface area contributed by atoms with Crippen LogP contribution in [0.15, 0.2) is 18.2 Å². The Kier molecular flexibility index (Phi) is 5.65. The van der Waals surface area contributed by atoms with Crippen molar-refractivity contribution in [3.8, 4) is 23.4 Å². The van der Waals surface area contributed by atoms with Gasteiger partial charge < -0.3 is 14.2 Å². The van der Waals surface area contributed by atoms with Crippen molar-refractivity contribution < 1.29 is 14.2 Å². The molecule has 3 rings (SSSR count). The first-order chi connectivity index (χ1) is 13.1. The van der Waals surface area contributed by atoms with Gasteiger partial charge in [-0.15, -0.1) is 5.10 Å². The van der Waals surface area contributed by atoms with Gasteiger partial charge in [-0.1, -0.05) is 19.4 Å². The molecule has 7 nitrogen and oxygen atoms in total. The monoisotopic (exact) mass is 368 g/mol. The molecule has 0 saturated carbocycles. The molecule has 0 fully saturated rings. The maximum absolute atomic E-state index is 9.73. The van der Waals surface area contributed by atoms with E-state index in [9.17, 15) is 5.26 Å². The number of hydrogen-bond donors (Lipinski definition) is 2. The third-order valence-corrected chi connectivity index (χ3v) is 4.55. The quantitative estimate of drug-likeness (QED) is 0.773. The van der Waals surface area contributed by atoms with E-state index < -0.39 is 5.92 Å². The summed E-state index contributed by atoms with van der Waals surface area (Å²) in [6, 6.07) is 7.91. The summed E-state index contributed by atoms with van der Waals surface area (Å²) in [6.07, 6.45) is 1.73. The molecule has 0 amide bonds. The number of benzene rings is 1. The fraction of sp³-hybridized carbons (Fsp3) is 0.450. The number of fused-ring (bicyclic) bond motifs is 1. The second kappa shape index (κ2) is 8.12. The van der Waals surface area contributed by atoms with Crippen LogP contribution in [0, 0.1) is 22.7 Å². The van der Waals surface area contributed by atoms with Gasteiger partial charge in [0.15, 0.2) is 11.5 Å². The Morgan fingerprint density at radius 2 is 1.96 bits per heavy atom. The molecule has 0 aliphatic carbocycles. The molecule has 1 aliphatic rings. The summed E-state index contributed by atoms with van der Waals surface area (Å²) in [5.74, 6) is 0.524. The van der Waals surface area contributed by atoms with E-state index in [0.717, 1.165) is 29.7 Å². The number of nitriles is 1. The van der Waals surface area contributed by atoms with E-state index >= 15 is 0 Å². The predicted octanol–water partition coefficient (Wildman–Crippen LogP) is 3.80. The molecule has 2 N–H and O–H groups in total. The van der Waals surface area contributed by atoms with Crippen LogP contribution in [-0.4, -0.2) is 29.3 Å². The minimum atomic E-state index is -0.724. The lowest BCUT2D eigenvalue weighted by Crippen LogP contribution is -2.31. The number of hydrogen-bond acceptors (Lipinski definition) is 6. The first-order valence-corrected chi connectivity index (χ1v) is 9.27. The standard InChI is InChI=1S/C20H24N4O3/c1-4-7-14-18-17(13(11-21)19(22)27-20(18)24-23-14)12-8-9-15(25-5-2)16(10-12)26-6-3/h8-10,13,17,22H,4-7H2,1-3H3,(H,23,24). The molecule has 0 radical (unpaired) electrons. The van der Waals surface area contributed by atoms with Crippen LogP contribution in [0.3, 0.4) is 0 Å². The lowest BCUT2D eigenvalue weighted by atomic mass is 9.79. The van der Waals surface area contributed by atoms with Crippen molar-refractivity contribution in [1.82, 2.24) is 10.2 Å². The third kappa shape index (κ3) is 3.47. The van der Waals surface area contributed by atoms with Gasteiger partial charge in [0, 0.05) is 17.2 Å². The van der Waals surface area contributed by atoms with Gasteiger partial charge in [-0.3, -0.25) is 10.5 Å². The lowest BCUT2D eigenvalue weighted by molar-refractivity contribution is 0.287. The van der Waals surface area contributed by atoms with Gasteiger partial charge in [-0.25, -0.2) is 0 Å². The fourth-order valence-corrected chi connectivity index (χ4v) is 3.45. The highest BCUT2D eigenvalue weighted by Gasteiger charge is 2.40. The zero-order valence-corrected chi connectivity index (χ0v) is 15.8. The van der Waals surface area contributed by atoms with Crippen molar-refractivity contribution in [3.05, 3.63) is 35.0 Å². The Labute approximate surface area is 158 Å². The molecule has 2 aromatic rings. The van der Waals surface area contributed by atoms with Crippen molar-refractivity contribution in [2.75, 3.05) is 13.2 Å². The number of nitrogens with one attached hydrogen (secondary N) is 2. The topological polar surface area (TPSA) is 104 Å². The average molecular weight is 368 g/mol. The second-order valence-corrected chi connectivity index (χ2v) is 6.29. The van der Waals surface area contributed by atoms with Gasteiger partial charge in [0.05, 0.1) is 19.3 Å². The maximum Gasteiger partial charge on any atom is 0.243 e. The van der Waals surface area contributed by atoms with Gasteiger partial charge >= 0.3 is 0 Å². The Balaban J connectivity index is 2.13. The van der Waals surface area contributed by atoms with Crippen LogP contribution in [0.2, 0.25) is 0 Å². The highest BCUT2D eigenvalue weighted by molar-refractivity contribution is 5.84. The van der Waals surface area contributed by atoms with E-state index in [1.54, 1.807) is 0 Å². The van der Waals surface area contributed by atoms with Crippen LogP contribution < -0.4 is 14.2 Å². The summed E-state index contributed by atoms with van der Waals surface area (Å²) in [4.78, 5) is 0. The molecule has 1 aromatic heterocycles. The van der Waals surface area contributed by atoms with Crippen molar-refractivity contribution in [2.45, 2.75) is 39.5 Å². The molecule has 1 aromatic carbocycles. The average Bonchev–Trinajstić information content (AvgIpc) is 3.05. The summed E-state index contributed by atoms with van der Waals surface area (Å²) in [5.41, 5.74) is 2.67. The lowest BCUT2D eigenvalue weighted by Gasteiger charge is -2.28. The SMILES string of the molecule is CCCc1[nH]nc2c1C(c1ccc(OCC)c(OCC)c1)C(C#N)C(=N)O2. The zero-order valence-electron chi connectivity index (χ0n) is 15.8. The largest absolute Gasteiger partial charge is 0.490 e. The fourth-order valence-electron chi connectivity index (χ4n) is 3.45. The number of rotatable bonds is 7. The molecule has 142 valence electrons. The van der Waals surface area contributed by atoms with Crippen LogP contribution in [0.4, 0.5) is 0 Å². The van der Waals surface area contributed by atoms with Crippen molar-refractivity contribution in [3.63, 3.8) is 0 Å². The molecule has 2 unspecified atom stereocenters. The van der Waals surface area contributed by atoms with Gasteiger partial charge in [-0.05, 0) is 38.0 Å². The van der Waals surface area contributed by atoms with Crippen LogP contribution in [0.25, 0.3) is 0 Å². The molecule has 0 spiro atoms. The Morgan fingerprint density at radius 3 is 2.63 bits per heavy atom. The molecule has 2 heterocycles. The summed E-state index contributed by atoms with van der Waals surface area (Å²) >= 11 is 0. The Hall–Kier alpha value is -3.01. The Morgan fingerprint density at radius 1 is 1.22 bits per heavy atom. The van der Waals surface area contributed by atoms with Crippen LogP contribution >= 0.6 is 0 Å². The second-order valence-electron chi connectivity index (χ2n) is 6.29. The summed E-state index contributed by atoms with van der Waals surface area (Å²) in [7, 11) is 0. The smallest absolute Gasteiger partial charge is 0.243 e. The number of aromatic nitrogens is 2. The molecular formula is C20H24N4O3. The van der Waals surface area contributed by atoms with Crippen molar-refractivity contribution >= 4 is 5.90 Å². The maximum atomic E-state index is 9.73.